The molecule has 1 aliphatic heterocycles. The van der Waals surface area contributed by atoms with E-state index in [1.54, 1.807) is 23.5 Å². The van der Waals surface area contributed by atoms with Gasteiger partial charge in [0, 0.05) is 73.8 Å². The smallest absolute Gasteiger partial charge is 0.228 e. The van der Waals surface area contributed by atoms with Crippen LogP contribution in [0.2, 0.25) is 0 Å². The lowest BCUT2D eigenvalue weighted by Gasteiger charge is -2.31. The largest absolute Gasteiger partial charge is 0.299 e. The number of pyridine rings is 2. The molecule has 0 N–H and O–H groups in total. The lowest BCUT2D eigenvalue weighted by Crippen LogP contribution is -2.41. The van der Waals surface area contributed by atoms with Crippen LogP contribution in [0.3, 0.4) is 0 Å². The van der Waals surface area contributed by atoms with E-state index in [1.807, 2.05) is 41.9 Å². The molecule has 0 fully saturated rings. The van der Waals surface area contributed by atoms with Gasteiger partial charge in [0.25, 0.3) is 0 Å². The van der Waals surface area contributed by atoms with Crippen LogP contribution in [0.4, 0.5) is 5.82 Å². The number of carbonyl (C=O) groups is 2. The van der Waals surface area contributed by atoms with Crippen molar-refractivity contribution in [1.82, 2.24) is 19.7 Å². The first-order valence-corrected chi connectivity index (χ1v) is 10.2. The first kappa shape index (κ1) is 19.9. The molecule has 1 amide bonds. The summed E-state index contributed by atoms with van der Waals surface area (Å²) < 4.78 is 1.89. The minimum Gasteiger partial charge on any atom is -0.299 e. The summed E-state index contributed by atoms with van der Waals surface area (Å²) in [6.07, 6.45) is 5.90. The number of anilines is 1. The van der Waals surface area contributed by atoms with Gasteiger partial charge in [-0.3, -0.25) is 24.5 Å². The van der Waals surface area contributed by atoms with Gasteiger partial charge in [0.1, 0.15) is 11.6 Å². The molecule has 7 heteroatoms. The van der Waals surface area contributed by atoms with Crippen LogP contribution in [-0.2, 0) is 22.6 Å². The number of amides is 1. The maximum absolute atomic E-state index is 12.8. The van der Waals surface area contributed by atoms with Gasteiger partial charge in [-0.25, -0.2) is 4.68 Å². The van der Waals surface area contributed by atoms with E-state index in [0.717, 1.165) is 29.2 Å². The number of Topliss-reactive ketones (excluding diaryl/α,β-unsaturated/α-hetero) is 1. The normalized spacial score (nSPS) is 15.7. The molecule has 30 heavy (non-hydrogen) atoms. The highest BCUT2D eigenvalue weighted by Gasteiger charge is 2.27. The fourth-order valence-corrected chi connectivity index (χ4v) is 3.78. The van der Waals surface area contributed by atoms with Crippen LogP contribution in [0.25, 0.3) is 11.1 Å². The number of aryl methyl sites for hydroxylation is 1. The summed E-state index contributed by atoms with van der Waals surface area (Å²) in [5.41, 5.74) is 3.55. The summed E-state index contributed by atoms with van der Waals surface area (Å²) in [5.74, 6) is 1.14. The van der Waals surface area contributed by atoms with Crippen LogP contribution in [-0.4, -0.2) is 38.0 Å². The van der Waals surface area contributed by atoms with Crippen molar-refractivity contribution in [2.45, 2.75) is 39.7 Å². The minimum atomic E-state index is -0.0315. The van der Waals surface area contributed by atoms with Crippen molar-refractivity contribution in [3.63, 3.8) is 0 Å². The van der Waals surface area contributed by atoms with Crippen molar-refractivity contribution in [2.24, 2.45) is 5.92 Å². The minimum absolute atomic E-state index is 0.0136. The second kappa shape index (κ2) is 8.57. The number of fused-ring (bicyclic) bond motifs is 1. The molecule has 154 valence electrons. The Labute approximate surface area is 175 Å². The summed E-state index contributed by atoms with van der Waals surface area (Å²) in [7, 11) is 0. The van der Waals surface area contributed by atoms with Gasteiger partial charge in [-0.2, -0.15) is 5.10 Å². The van der Waals surface area contributed by atoms with E-state index in [1.165, 1.54) is 0 Å². The molecule has 0 aromatic carbocycles. The number of hydrogen-bond donors (Lipinski definition) is 0. The molecule has 3 aromatic rings. The molecular formula is C23H25N5O2. The molecule has 0 bridgehead atoms. The van der Waals surface area contributed by atoms with Crippen LogP contribution in [0.1, 0.15) is 31.2 Å². The van der Waals surface area contributed by atoms with Crippen molar-refractivity contribution >= 4 is 17.5 Å². The molecule has 3 aromatic heterocycles. The van der Waals surface area contributed by atoms with Gasteiger partial charge in [-0.1, -0.05) is 19.1 Å². The van der Waals surface area contributed by atoms with Crippen LogP contribution in [0, 0.1) is 12.8 Å². The standard InChI is InChI=1S/C23H25N5O2/c1-16-14-27(22-10-17(2)26-28(22)15-16)23(30)8-7-21(29)11-20-6-5-19(13-25-20)18-4-3-9-24-12-18/h3-6,9-10,12-13,16H,7-8,11,14-15H2,1-2H3. The first-order chi connectivity index (χ1) is 14.5. The zero-order valence-electron chi connectivity index (χ0n) is 17.3. The fourth-order valence-electron chi connectivity index (χ4n) is 3.78. The van der Waals surface area contributed by atoms with Crippen molar-refractivity contribution in [1.29, 1.82) is 0 Å². The van der Waals surface area contributed by atoms with Crippen LogP contribution in [0.5, 0.6) is 0 Å². The van der Waals surface area contributed by atoms with E-state index in [0.29, 0.717) is 18.2 Å². The molecule has 1 aliphatic rings. The Morgan fingerprint density at radius 3 is 2.67 bits per heavy atom. The average Bonchev–Trinajstić information content (AvgIpc) is 3.12. The van der Waals surface area contributed by atoms with E-state index in [-0.39, 0.29) is 31.0 Å². The molecule has 0 saturated heterocycles. The van der Waals surface area contributed by atoms with Gasteiger partial charge >= 0.3 is 0 Å². The fraction of sp³-hybridized carbons (Fsp3) is 0.348. The Balaban J connectivity index is 1.33. The predicted molar refractivity (Wildman–Crippen MR) is 114 cm³/mol. The molecule has 0 saturated carbocycles. The molecular weight excluding hydrogens is 378 g/mol. The van der Waals surface area contributed by atoms with Gasteiger partial charge < -0.3 is 0 Å². The monoisotopic (exact) mass is 403 g/mol. The lowest BCUT2D eigenvalue weighted by atomic mass is 10.1. The van der Waals surface area contributed by atoms with Crippen LogP contribution in [0.15, 0.2) is 48.9 Å². The summed E-state index contributed by atoms with van der Waals surface area (Å²) in [6, 6.07) is 9.57. The maximum Gasteiger partial charge on any atom is 0.228 e. The zero-order chi connectivity index (χ0) is 21.1. The van der Waals surface area contributed by atoms with Crippen molar-refractivity contribution in [3.05, 3.63) is 60.3 Å². The molecule has 7 nitrogen and oxygen atoms in total. The average molecular weight is 403 g/mol. The Morgan fingerprint density at radius 1 is 1.10 bits per heavy atom. The van der Waals surface area contributed by atoms with Crippen molar-refractivity contribution in [2.75, 3.05) is 11.4 Å². The number of nitrogens with zero attached hydrogens (tertiary/aromatic N) is 5. The van der Waals surface area contributed by atoms with Gasteiger partial charge in [0.05, 0.1) is 5.69 Å². The third-order valence-electron chi connectivity index (χ3n) is 5.25. The summed E-state index contributed by atoms with van der Waals surface area (Å²) in [5, 5.41) is 4.46. The second-order valence-electron chi connectivity index (χ2n) is 7.93. The highest BCUT2D eigenvalue weighted by Crippen LogP contribution is 2.25. The van der Waals surface area contributed by atoms with Gasteiger partial charge in [0.2, 0.25) is 5.91 Å². The van der Waals surface area contributed by atoms with Gasteiger partial charge in [-0.05, 0) is 25.0 Å². The summed E-state index contributed by atoms with van der Waals surface area (Å²) in [6.45, 7) is 5.50. The molecule has 1 atom stereocenters. The second-order valence-corrected chi connectivity index (χ2v) is 7.93. The highest BCUT2D eigenvalue weighted by molar-refractivity contribution is 5.95. The Bertz CT molecular complexity index is 1040. The summed E-state index contributed by atoms with van der Waals surface area (Å²) >= 11 is 0. The van der Waals surface area contributed by atoms with Gasteiger partial charge in [-0.15, -0.1) is 0 Å². The van der Waals surface area contributed by atoms with E-state index in [4.69, 9.17) is 0 Å². The SMILES string of the molecule is Cc1cc2n(n1)CC(C)CN2C(=O)CCC(=O)Cc1ccc(-c2cccnc2)cn1. The molecule has 1 unspecified atom stereocenters. The summed E-state index contributed by atoms with van der Waals surface area (Å²) in [4.78, 5) is 35.5. The first-order valence-electron chi connectivity index (χ1n) is 10.2. The van der Waals surface area contributed by atoms with E-state index in [2.05, 4.69) is 22.0 Å². The van der Waals surface area contributed by atoms with Crippen LogP contribution >= 0.6 is 0 Å². The third kappa shape index (κ3) is 4.45. The number of hydrogen-bond acceptors (Lipinski definition) is 5. The Kier molecular flexibility index (Phi) is 5.70. The van der Waals surface area contributed by atoms with Crippen molar-refractivity contribution < 1.29 is 9.59 Å². The molecule has 4 heterocycles. The maximum atomic E-state index is 12.8. The van der Waals surface area contributed by atoms with E-state index < -0.39 is 0 Å². The highest BCUT2D eigenvalue weighted by atomic mass is 16.2. The number of aromatic nitrogens is 4. The predicted octanol–water partition coefficient (Wildman–Crippen LogP) is 3.22. The molecule has 0 aliphatic carbocycles. The number of rotatable bonds is 6. The topological polar surface area (TPSA) is 81.0 Å². The van der Waals surface area contributed by atoms with Crippen molar-refractivity contribution in [3.8, 4) is 11.1 Å². The third-order valence-corrected chi connectivity index (χ3v) is 5.25. The molecule has 0 spiro atoms. The quantitative estimate of drug-likeness (QED) is 0.631. The number of ketones is 1. The zero-order valence-corrected chi connectivity index (χ0v) is 17.3. The van der Waals surface area contributed by atoms with E-state index >= 15 is 0 Å². The lowest BCUT2D eigenvalue weighted by molar-refractivity contribution is -0.123. The van der Waals surface area contributed by atoms with Crippen LogP contribution < -0.4 is 4.90 Å². The Morgan fingerprint density at radius 2 is 1.93 bits per heavy atom. The molecule has 4 rings (SSSR count). The van der Waals surface area contributed by atoms with E-state index in [9.17, 15) is 9.59 Å². The Hall–Kier alpha value is -3.35. The molecule has 0 radical (unpaired) electrons. The van der Waals surface area contributed by atoms with Gasteiger partial charge in [0.15, 0.2) is 0 Å². The number of carbonyl (C=O) groups excluding carboxylic acids is 2.